The minimum absolute atomic E-state index is 0.105. The summed E-state index contributed by atoms with van der Waals surface area (Å²) in [5.74, 6) is -0.318. The smallest absolute Gasteiger partial charge is 0.277 e. The SMILES string of the molecule is O=C(Nc1ccc(CCO)cc1)c1cnn(-c2ccccc2)n1. The van der Waals surface area contributed by atoms with E-state index in [1.807, 2.05) is 42.5 Å². The standard InChI is InChI=1S/C17H16N4O2/c22-11-10-13-6-8-14(9-7-13)19-17(23)16-12-18-21(20-16)15-4-2-1-3-5-15/h1-9,12,22H,10-11H2,(H,19,23). The van der Waals surface area contributed by atoms with E-state index in [-0.39, 0.29) is 18.2 Å². The third-order valence-electron chi connectivity index (χ3n) is 3.32. The molecule has 116 valence electrons. The Hall–Kier alpha value is -2.99. The monoisotopic (exact) mass is 308 g/mol. The molecule has 2 N–H and O–H groups in total. The number of para-hydroxylation sites is 1. The van der Waals surface area contributed by atoms with Crippen LogP contribution in [0.4, 0.5) is 5.69 Å². The summed E-state index contributed by atoms with van der Waals surface area (Å²) in [7, 11) is 0. The first-order valence-electron chi connectivity index (χ1n) is 7.25. The van der Waals surface area contributed by atoms with Crippen LogP contribution < -0.4 is 5.32 Å². The van der Waals surface area contributed by atoms with E-state index >= 15 is 0 Å². The Morgan fingerprint density at radius 1 is 1.09 bits per heavy atom. The molecule has 0 atom stereocenters. The first-order chi connectivity index (χ1) is 11.3. The van der Waals surface area contributed by atoms with E-state index in [9.17, 15) is 4.79 Å². The molecular weight excluding hydrogens is 292 g/mol. The summed E-state index contributed by atoms with van der Waals surface area (Å²) in [6.45, 7) is 0.105. The summed E-state index contributed by atoms with van der Waals surface area (Å²) in [6, 6.07) is 16.7. The number of nitrogens with zero attached hydrogens (tertiary/aromatic N) is 3. The normalized spacial score (nSPS) is 10.5. The Bertz CT molecular complexity index is 782. The molecule has 0 aliphatic rings. The molecule has 6 nitrogen and oxygen atoms in total. The van der Waals surface area contributed by atoms with E-state index in [1.165, 1.54) is 11.0 Å². The first-order valence-corrected chi connectivity index (χ1v) is 7.25. The number of hydrogen-bond donors (Lipinski definition) is 2. The minimum Gasteiger partial charge on any atom is -0.396 e. The molecule has 0 spiro atoms. The molecular formula is C17H16N4O2. The van der Waals surface area contributed by atoms with Crippen LogP contribution in [0.25, 0.3) is 5.69 Å². The quantitative estimate of drug-likeness (QED) is 0.756. The zero-order valence-electron chi connectivity index (χ0n) is 12.4. The van der Waals surface area contributed by atoms with Gasteiger partial charge in [-0.05, 0) is 36.2 Å². The average molecular weight is 308 g/mol. The molecule has 0 aliphatic carbocycles. The van der Waals surface area contributed by atoms with Crippen molar-refractivity contribution in [1.29, 1.82) is 0 Å². The van der Waals surface area contributed by atoms with Gasteiger partial charge in [-0.25, -0.2) is 0 Å². The number of hydrogen-bond acceptors (Lipinski definition) is 4. The number of aliphatic hydroxyl groups is 1. The maximum Gasteiger partial charge on any atom is 0.277 e. The highest BCUT2D eigenvalue weighted by atomic mass is 16.3. The van der Waals surface area contributed by atoms with Crippen molar-refractivity contribution in [3.8, 4) is 5.69 Å². The summed E-state index contributed by atoms with van der Waals surface area (Å²) in [4.78, 5) is 13.6. The largest absolute Gasteiger partial charge is 0.396 e. The molecule has 23 heavy (non-hydrogen) atoms. The van der Waals surface area contributed by atoms with E-state index in [0.29, 0.717) is 12.1 Å². The van der Waals surface area contributed by atoms with Crippen LogP contribution in [0.5, 0.6) is 0 Å². The molecule has 2 aromatic carbocycles. The molecule has 0 radical (unpaired) electrons. The Kier molecular flexibility index (Phi) is 4.44. The van der Waals surface area contributed by atoms with Gasteiger partial charge in [0.05, 0.1) is 11.9 Å². The topological polar surface area (TPSA) is 80.0 Å². The number of rotatable bonds is 5. The van der Waals surface area contributed by atoms with Gasteiger partial charge in [-0.2, -0.15) is 9.90 Å². The molecule has 1 amide bonds. The lowest BCUT2D eigenvalue weighted by molar-refractivity contribution is 0.102. The number of carbonyl (C=O) groups is 1. The number of amides is 1. The van der Waals surface area contributed by atoms with Gasteiger partial charge in [0, 0.05) is 12.3 Å². The number of nitrogens with one attached hydrogen (secondary N) is 1. The van der Waals surface area contributed by atoms with E-state index in [4.69, 9.17) is 5.11 Å². The number of aliphatic hydroxyl groups excluding tert-OH is 1. The third kappa shape index (κ3) is 3.61. The van der Waals surface area contributed by atoms with Gasteiger partial charge in [0.2, 0.25) is 0 Å². The molecule has 1 aromatic heterocycles. The van der Waals surface area contributed by atoms with Gasteiger partial charge in [-0.15, -0.1) is 5.10 Å². The predicted octanol–water partition coefficient (Wildman–Crippen LogP) is 2.05. The Morgan fingerprint density at radius 2 is 1.83 bits per heavy atom. The highest BCUT2D eigenvalue weighted by Gasteiger charge is 2.11. The van der Waals surface area contributed by atoms with Crippen molar-refractivity contribution in [3.63, 3.8) is 0 Å². The van der Waals surface area contributed by atoms with Gasteiger partial charge in [0.15, 0.2) is 5.69 Å². The van der Waals surface area contributed by atoms with Gasteiger partial charge in [-0.1, -0.05) is 30.3 Å². The Balaban J connectivity index is 1.70. The summed E-state index contributed by atoms with van der Waals surface area (Å²) < 4.78 is 0. The van der Waals surface area contributed by atoms with E-state index < -0.39 is 0 Å². The molecule has 6 heteroatoms. The minimum atomic E-state index is -0.318. The Labute approximate surface area is 133 Å². The summed E-state index contributed by atoms with van der Waals surface area (Å²) >= 11 is 0. The number of carbonyl (C=O) groups excluding carboxylic acids is 1. The third-order valence-corrected chi connectivity index (χ3v) is 3.32. The van der Waals surface area contributed by atoms with Gasteiger partial charge < -0.3 is 10.4 Å². The lowest BCUT2D eigenvalue weighted by atomic mass is 10.1. The maximum atomic E-state index is 12.2. The fourth-order valence-corrected chi connectivity index (χ4v) is 2.13. The lowest BCUT2D eigenvalue weighted by Crippen LogP contribution is -2.13. The molecule has 0 saturated heterocycles. The molecule has 1 heterocycles. The van der Waals surface area contributed by atoms with Crippen molar-refractivity contribution in [2.45, 2.75) is 6.42 Å². The van der Waals surface area contributed by atoms with Crippen LogP contribution in [-0.4, -0.2) is 32.6 Å². The maximum absolute atomic E-state index is 12.2. The van der Waals surface area contributed by atoms with Crippen molar-refractivity contribution in [2.24, 2.45) is 0 Å². The van der Waals surface area contributed by atoms with Crippen LogP contribution in [-0.2, 0) is 6.42 Å². The highest BCUT2D eigenvalue weighted by molar-refractivity contribution is 6.02. The van der Waals surface area contributed by atoms with Crippen molar-refractivity contribution >= 4 is 11.6 Å². The van der Waals surface area contributed by atoms with Crippen LogP contribution in [0.1, 0.15) is 16.1 Å². The predicted molar refractivity (Wildman–Crippen MR) is 86.5 cm³/mol. The molecule has 3 aromatic rings. The van der Waals surface area contributed by atoms with Crippen LogP contribution in [0.2, 0.25) is 0 Å². The van der Waals surface area contributed by atoms with Gasteiger partial charge >= 0.3 is 0 Å². The molecule has 0 fully saturated rings. The van der Waals surface area contributed by atoms with Crippen LogP contribution in [0.15, 0.2) is 60.8 Å². The van der Waals surface area contributed by atoms with Crippen molar-refractivity contribution < 1.29 is 9.90 Å². The highest BCUT2D eigenvalue weighted by Crippen LogP contribution is 2.11. The van der Waals surface area contributed by atoms with E-state index in [2.05, 4.69) is 15.5 Å². The van der Waals surface area contributed by atoms with Crippen LogP contribution >= 0.6 is 0 Å². The van der Waals surface area contributed by atoms with Gasteiger partial charge in [-0.3, -0.25) is 4.79 Å². The van der Waals surface area contributed by atoms with Gasteiger partial charge in [0.1, 0.15) is 0 Å². The van der Waals surface area contributed by atoms with Crippen LogP contribution in [0, 0.1) is 0 Å². The summed E-state index contributed by atoms with van der Waals surface area (Å²) in [5, 5.41) is 20.0. The molecule has 0 saturated carbocycles. The second kappa shape index (κ2) is 6.85. The molecule has 0 unspecified atom stereocenters. The fourth-order valence-electron chi connectivity index (χ4n) is 2.13. The summed E-state index contributed by atoms with van der Waals surface area (Å²) in [6.07, 6.45) is 2.03. The van der Waals surface area contributed by atoms with E-state index in [0.717, 1.165) is 11.3 Å². The first kappa shape index (κ1) is 14.9. The lowest BCUT2D eigenvalue weighted by Gasteiger charge is -2.04. The number of anilines is 1. The number of benzene rings is 2. The molecule has 3 rings (SSSR count). The average Bonchev–Trinajstić information content (AvgIpc) is 3.08. The van der Waals surface area contributed by atoms with Gasteiger partial charge in [0.25, 0.3) is 5.91 Å². The van der Waals surface area contributed by atoms with Crippen molar-refractivity contribution in [2.75, 3.05) is 11.9 Å². The zero-order chi connectivity index (χ0) is 16.1. The van der Waals surface area contributed by atoms with Crippen molar-refractivity contribution in [1.82, 2.24) is 15.0 Å². The number of aromatic nitrogens is 3. The van der Waals surface area contributed by atoms with E-state index in [1.54, 1.807) is 12.1 Å². The van der Waals surface area contributed by atoms with Crippen molar-refractivity contribution in [3.05, 3.63) is 72.1 Å². The Morgan fingerprint density at radius 3 is 2.52 bits per heavy atom. The second-order valence-electron chi connectivity index (χ2n) is 4.98. The van der Waals surface area contributed by atoms with Crippen LogP contribution in [0.3, 0.4) is 0 Å². The molecule has 0 aliphatic heterocycles. The fraction of sp³-hybridized carbons (Fsp3) is 0.118. The summed E-state index contributed by atoms with van der Waals surface area (Å²) in [5.41, 5.74) is 2.72. The molecule has 0 bridgehead atoms. The zero-order valence-corrected chi connectivity index (χ0v) is 12.4. The second-order valence-corrected chi connectivity index (χ2v) is 4.98.